The van der Waals surface area contributed by atoms with E-state index in [9.17, 15) is 0 Å². The van der Waals surface area contributed by atoms with E-state index >= 15 is 0 Å². The average Bonchev–Trinajstić information content (AvgIpc) is 3.77. The van der Waals surface area contributed by atoms with Crippen LogP contribution in [0.4, 0.5) is 0 Å². The molecule has 0 fully saturated rings. The van der Waals surface area contributed by atoms with Gasteiger partial charge in [-0.25, -0.2) is 15.0 Å². The summed E-state index contributed by atoms with van der Waals surface area (Å²) in [6, 6.07) is 56.7. The van der Waals surface area contributed by atoms with Crippen molar-refractivity contribution in [3.05, 3.63) is 164 Å². The van der Waals surface area contributed by atoms with E-state index in [-0.39, 0.29) is 0 Å². The molecule has 3 aromatic heterocycles. The third-order valence-corrected chi connectivity index (χ3v) is 10.6. The Bertz CT molecular complexity index is 2860. The largest absolute Gasteiger partial charge is 0.456 e. The Morgan fingerprint density at radius 2 is 0.960 bits per heavy atom. The number of aromatic nitrogens is 3. The van der Waals surface area contributed by atoms with Gasteiger partial charge in [-0.2, -0.15) is 0 Å². The standard InChI is InChI=1S/C45H27N3OS/c1-3-11-28(12-4-1)29-21-23-31(24-22-29)44-46-43(30-13-5-2-6-14-30)47-45(48-44)37-18-10-19-38-41(37)36-26-25-32(27-39(36)49-38)33-16-9-17-35-34-15-7-8-20-40(34)50-42(33)35/h1-27H. The molecule has 0 bridgehead atoms. The zero-order chi connectivity index (χ0) is 33.0. The quantitative estimate of drug-likeness (QED) is 0.185. The van der Waals surface area contributed by atoms with Gasteiger partial charge in [-0.3, -0.25) is 0 Å². The maximum atomic E-state index is 6.56. The fraction of sp³-hybridized carbons (Fsp3) is 0. The van der Waals surface area contributed by atoms with Crippen LogP contribution >= 0.6 is 11.3 Å². The Hall–Kier alpha value is -6.43. The van der Waals surface area contributed by atoms with Crippen LogP contribution in [0.25, 0.3) is 98.5 Å². The second kappa shape index (κ2) is 11.6. The molecule has 4 nitrogen and oxygen atoms in total. The van der Waals surface area contributed by atoms with Crippen molar-refractivity contribution in [1.82, 2.24) is 15.0 Å². The Kier molecular flexibility index (Phi) is 6.64. The van der Waals surface area contributed by atoms with Gasteiger partial charge in [0.1, 0.15) is 11.2 Å². The number of rotatable bonds is 5. The molecule has 5 heteroatoms. The molecule has 0 saturated carbocycles. The van der Waals surface area contributed by atoms with Gasteiger partial charge in [0.25, 0.3) is 0 Å². The highest BCUT2D eigenvalue weighted by molar-refractivity contribution is 7.26. The summed E-state index contributed by atoms with van der Waals surface area (Å²) in [7, 11) is 0. The molecule has 0 amide bonds. The number of nitrogens with zero attached hydrogens (tertiary/aromatic N) is 3. The van der Waals surface area contributed by atoms with Gasteiger partial charge in [-0.05, 0) is 46.5 Å². The predicted molar refractivity (Wildman–Crippen MR) is 207 cm³/mol. The van der Waals surface area contributed by atoms with Gasteiger partial charge in [0.2, 0.25) is 0 Å². The Morgan fingerprint density at radius 1 is 0.380 bits per heavy atom. The smallest absolute Gasteiger partial charge is 0.164 e. The van der Waals surface area contributed by atoms with Gasteiger partial charge in [0.05, 0.1) is 0 Å². The molecule has 0 unspecified atom stereocenters. The molecule has 0 N–H and O–H groups in total. The van der Waals surface area contributed by atoms with Crippen molar-refractivity contribution in [2.24, 2.45) is 0 Å². The maximum absolute atomic E-state index is 6.56. The number of furan rings is 1. The lowest BCUT2D eigenvalue weighted by Crippen LogP contribution is -2.00. The van der Waals surface area contributed by atoms with Crippen molar-refractivity contribution in [2.45, 2.75) is 0 Å². The molecule has 0 radical (unpaired) electrons. The van der Waals surface area contributed by atoms with Gasteiger partial charge in [-0.1, -0.05) is 140 Å². The number of hydrogen-bond acceptors (Lipinski definition) is 5. The fourth-order valence-corrected chi connectivity index (χ4v) is 8.18. The van der Waals surface area contributed by atoms with E-state index in [1.165, 1.54) is 31.3 Å². The van der Waals surface area contributed by atoms with E-state index < -0.39 is 0 Å². The van der Waals surface area contributed by atoms with Crippen molar-refractivity contribution >= 4 is 53.4 Å². The molecule has 3 heterocycles. The normalized spacial score (nSPS) is 11.6. The van der Waals surface area contributed by atoms with Crippen LogP contribution in [0.5, 0.6) is 0 Å². The minimum Gasteiger partial charge on any atom is -0.456 e. The Morgan fingerprint density at radius 3 is 1.76 bits per heavy atom. The lowest BCUT2D eigenvalue weighted by molar-refractivity contribution is 0.669. The van der Waals surface area contributed by atoms with Crippen LogP contribution < -0.4 is 0 Å². The van der Waals surface area contributed by atoms with Gasteiger partial charge < -0.3 is 4.42 Å². The van der Waals surface area contributed by atoms with Crippen LogP contribution in [0.15, 0.2) is 168 Å². The van der Waals surface area contributed by atoms with Crippen LogP contribution in [0.3, 0.4) is 0 Å². The summed E-state index contributed by atoms with van der Waals surface area (Å²) in [5.74, 6) is 1.85. The first kappa shape index (κ1) is 28.6. The van der Waals surface area contributed by atoms with Crippen molar-refractivity contribution in [3.63, 3.8) is 0 Å². The summed E-state index contributed by atoms with van der Waals surface area (Å²) < 4.78 is 9.14. The van der Waals surface area contributed by atoms with E-state index in [1.807, 2.05) is 59.9 Å². The number of thiophene rings is 1. The van der Waals surface area contributed by atoms with E-state index in [2.05, 4.69) is 115 Å². The average molecular weight is 658 g/mol. The summed E-state index contributed by atoms with van der Waals surface area (Å²) in [6.45, 7) is 0. The predicted octanol–water partition coefficient (Wildman–Crippen LogP) is 12.5. The third kappa shape index (κ3) is 4.79. The molecule has 50 heavy (non-hydrogen) atoms. The molecule has 7 aromatic carbocycles. The van der Waals surface area contributed by atoms with Gasteiger partial charge >= 0.3 is 0 Å². The molecule has 0 saturated heterocycles. The highest BCUT2D eigenvalue weighted by Gasteiger charge is 2.19. The van der Waals surface area contributed by atoms with E-state index in [1.54, 1.807) is 0 Å². The first-order valence-electron chi connectivity index (χ1n) is 16.6. The third-order valence-electron chi connectivity index (χ3n) is 9.37. The summed E-state index contributed by atoms with van der Waals surface area (Å²) in [5.41, 5.74) is 9.04. The maximum Gasteiger partial charge on any atom is 0.164 e. The number of benzene rings is 7. The Labute approximate surface area is 292 Å². The molecule has 0 aliphatic heterocycles. The molecule has 0 atom stereocenters. The van der Waals surface area contributed by atoms with Crippen LogP contribution in [0, 0.1) is 0 Å². The van der Waals surface area contributed by atoms with Crippen LogP contribution in [-0.4, -0.2) is 15.0 Å². The van der Waals surface area contributed by atoms with Gasteiger partial charge in [-0.15, -0.1) is 11.3 Å². The summed E-state index contributed by atoms with van der Waals surface area (Å²) >= 11 is 1.84. The first-order valence-corrected chi connectivity index (χ1v) is 17.4. The SMILES string of the molecule is c1ccc(-c2ccc(-c3nc(-c4ccccc4)nc(-c4cccc5oc6cc(-c7cccc8c7sc7ccccc78)ccc6c45)n3)cc2)cc1. The van der Waals surface area contributed by atoms with E-state index in [0.717, 1.165) is 49.8 Å². The highest BCUT2D eigenvalue weighted by Crippen LogP contribution is 2.42. The van der Waals surface area contributed by atoms with Crippen molar-refractivity contribution in [2.75, 3.05) is 0 Å². The summed E-state index contributed by atoms with van der Waals surface area (Å²) in [4.78, 5) is 15.1. The Balaban J connectivity index is 1.12. The van der Waals surface area contributed by atoms with Crippen LogP contribution in [0.1, 0.15) is 0 Å². The summed E-state index contributed by atoms with van der Waals surface area (Å²) in [5, 5.41) is 4.59. The second-order valence-electron chi connectivity index (χ2n) is 12.4. The lowest BCUT2D eigenvalue weighted by atomic mass is 10.00. The molecule has 10 aromatic rings. The van der Waals surface area contributed by atoms with Crippen molar-refractivity contribution in [3.8, 4) is 56.4 Å². The second-order valence-corrected chi connectivity index (χ2v) is 13.4. The molecule has 10 rings (SSSR count). The lowest BCUT2D eigenvalue weighted by Gasteiger charge is -2.10. The molecule has 0 spiro atoms. The molecule has 234 valence electrons. The van der Waals surface area contributed by atoms with Crippen LogP contribution in [-0.2, 0) is 0 Å². The molecular formula is C45H27N3OS. The van der Waals surface area contributed by atoms with E-state index in [0.29, 0.717) is 17.5 Å². The monoisotopic (exact) mass is 657 g/mol. The van der Waals surface area contributed by atoms with Crippen LogP contribution in [0.2, 0.25) is 0 Å². The molecule has 0 aliphatic rings. The first-order chi connectivity index (χ1) is 24.8. The zero-order valence-electron chi connectivity index (χ0n) is 26.7. The topological polar surface area (TPSA) is 51.8 Å². The number of fused-ring (bicyclic) bond motifs is 6. The molecule has 0 aliphatic carbocycles. The van der Waals surface area contributed by atoms with Crippen molar-refractivity contribution in [1.29, 1.82) is 0 Å². The molecular weight excluding hydrogens is 631 g/mol. The van der Waals surface area contributed by atoms with Crippen molar-refractivity contribution < 1.29 is 4.42 Å². The highest BCUT2D eigenvalue weighted by atomic mass is 32.1. The van der Waals surface area contributed by atoms with E-state index in [4.69, 9.17) is 19.4 Å². The zero-order valence-corrected chi connectivity index (χ0v) is 27.6. The summed E-state index contributed by atoms with van der Waals surface area (Å²) in [6.07, 6.45) is 0. The van der Waals surface area contributed by atoms with Gasteiger partial charge in [0.15, 0.2) is 17.5 Å². The number of hydrogen-bond donors (Lipinski definition) is 0. The fourth-order valence-electron chi connectivity index (χ4n) is 6.94. The minimum absolute atomic E-state index is 0.605. The van der Waals surface area contributed by atoms with Gasteiger partial charge in [0, 0.05) is 47.6 Å². The minimum atomic E-state index is 0.605.